The second kappa shape index (κ2) is 10.1. The molecule has 1 unspecified atom stereocenters. The lowest BCUT2D eigenvalue weighted by atomic mass is 10.1. The standard InChI is InChI=1S/C23H32N4O3/c1-16-10-17(6-7-22(16)30-5)14-25-23(24-2)26-18-8-9-27(15-18)19-11-20(28-3)13-21(12-19)29-4/h6-7,10-13,18H,8-9,14-15H2,1-5H3,(H2,24,25,26). The third kappa shape index (κ3) is 5.28. The van der Waals surface area contributed by atoms with Crippen molar-refractivity contribution in [2.45, 2.75) is 25.9 Å². The topological polar surface area (TPSA) is 67.4 Å². The Labute approximate surface area is 179 Å². The molecule has 1 saturated heterocycles. The molecule has 30 heavy (non-hydrogen) atoms. The van der Waals surface area contributed by atoms with E-state index in [1.54, 1.807) is 28.4 Å². The van der Waals surface area contributed by atoms with Gasteiger partial charge in [0.15, 0.2) is 5.96 Å². The van der Waals surface area contributed by atoms with Crippen LogP contribution in [0.15, 0.2) is 41.4 Å². The van der Waals surface area contributed by atoms with Gasteiger partial charge in [-0.25, -0.2) is 0 Å². The summed E-state index contributed by atoms with van der Waals surface area (Å²) in [6.45, 7) is 4.60. The van der Waals surface area contributed by atoms with Gasteiger partial charge in [0.05, 0.1) is 21.3 Å². The van der Waals surface area contributed by atoms with Crippen LogP contribution in [0.3, 0.4) is 0 Å². The molecule has 2 aromatic rings. The molecular formula is C23H32N4O3. The highest BCUT2D eigenvalue weighted by atomic mass is 16.5. The van der Waals surface area contributed by atoms with Crippen LogP contribution in [-0.2, 0) is 6.54 Å². The average molecular weight is 413 g/mol. The molecule has 7 heteroatoms. The van der Waals surface area contributed by atoms with Crippen LogP contribution in [0.5, 0.6) is 17.2 Å². The summed E-state index contributed by atoms with van der Waals surface area (Å²) in [4.78, 5) is 6.72. The summed E-state index contributed by atoms with van der Waals surface area (Å²) >= 11 is 0. The van der Waals surface area contributed by atoms with Crippen LogP contribution in [0.2, 0.25) is 0 Å². The molecule has 1 fully saturated rings. The number of hydrogen-bond donors (Lipinski definition) is 2. The number of ether oxygens (including phenoxy) is 3. The smallest absolute Gasteiger partial charge is 0.191 e. The highest BCUT2D eigenvalue weighted by Crippen LogP contribution is 2.30. The lowest BCUT2D eigenvalue weighted by molar-refractivity contribution is 0.394. The predicted octanol–water partition coefficient (Wildman–Crippen LogP) is 2.96. The second-order valence-corrected chi connectivity index (χ2v) is 7.38. The Bertz CT molecular complexity index is 862. The fourth-order valence-electron chi connectivity index (χ4n) is 3.71. The number of hydrogen-bond acceptors (Lipinski definition) is 5. The van der Waals surface area contributed by atoms with Crippen molar-refractivity contribution in [2.75, 3.05) is 46.4 Å². The van der Waals surface area contributed by atoms with Crippen molar-refractivity contribution in [3.63, 3.8) is 0 Å². The van der Waals surface area contributed by atoms with Gasteiger partial charge in [0.2, 0.25) is 0 Å². The number of guanidine groups is 1. The third-order valence-corrected chi connectivity index (χ3v) is 5.37. The number of methoxy groups -OCH3 is 3. The van der Waals surface area contributed by atoms with E-state index in [0.717, 1.165) is 54.0 Å². The third-order valence-electron chi connectivity index (χ3n) is 5.37. The Balaban J connectivity index is 1.57. The lowest BCUT2D eigenvalue weighted by Crippen LogP contribution is -2.44. The van der Waals surface area contributed by atoms with Crippen LogP contribution >= 0.6 is 0 Å². The zero-order chi connectivity index (χ0) is 21.5. The SMILES string of the molecule is CN=C(NCc1ccc(OC)c(C)c1)NC1CCN(c2cc(OC)cc(OC)c2)C1. The van der Waals surface area contributed by atoms with Crippen LogP contribution in [-0.4, -0.2) is 53.5 Å². The molecule has 1 aliphatic heterocycles. The maximum Gasteiger partial charge on any atom is 0.191 e. The predicted molar refractivity (Wildman–Crippen MR) is 121 cm³/mol. The molecule has 0 radical (unpaired) electrons. The first-order chi connectivity index (χ1) is 14.6. The van der Waals surface area contributed by atoms with E-state index in [0.29, 0.717) is 12.6 Å². The van der Waals surface area contributed by atoms with E-state index in [-0.39, 0.29) is 0 Å². The normalized spacial score (nSPS) is 16.4. The van der Waals surface area contributed by atoms with Gasteiger partial charge in [-0.15, -0.1) is 0 Å². The molecule has 0 aromatic heterocycles. The fraction of sp³-hybridized carbons (Fsp3) is 0.435. The molecule has 0 saturated carbocycles. The summed E-state index contributed by atoms with van der Waals surface area (Å²) in [7, 11) is 6.84. The number of benzene rings is 2. The molecule has 162 valence electrons. The number of aliphatic imine (C=N–C) groups is 1. The fourth-order valence-corrected chi connectivity index (χ4v) is 3.71. The van der Waals surface area contributed by atoms with E-state index in [2.05, 4.69) is 39.6 Å². The molecule has 0 amide bonds. The molecular weight excluding hydrogens is 380 g/mol. The lowest BCUT2D eigenvalue weighted by Gasteiger charge is -2.21. The van der Waals surface area contributed by atoms with Gasteiger partial charge in [-0.05, 0) is 30.5 Å². The van der Waals surface area contributed by atoms with Crippen LogP contribution in [0.4, 0.5) is 5.69 Å². The summed E-state index contributed by atoms with van der Waals surface area (Å²) in [5.41, 5.74) is 3.42. The van der Waals surface area contributed by atoms with Crippen molar-refractivity contribution < 1.29 is 14.2 Å². The molecule has 1 aliphatic rings. The highest BCUT2D eigenvalue weighted by Gasteiger charge is 2.24. The van der Waals surface area contributed by atoms with Gasteiger partial charge in [-0.3, -0.25) is 4.99 Å². The summed E-state index contributed by atoms with van der Waals surface area (Å²) in [5.74, 6) is 3.31. The monoisotopic (exact) mass is 412 g/mol. The second-order valence-electron chi connectivity index (χ2n) is 7.38. The Hall–Kier alpha value is -3.09. The molecule has 0 aliphatic carbocycles. The van der Waals surface area contributed by atoms with E-state index < -0.39 is 0 Å². The molecule has 2 N–H and O–H groups in total. The molecule has 1 atom stereocenters. The molecule has 1 heterocycles. The van der Waals surface area contributed by atoms with Gasteiger partial charge in [0.1, 0.15) is 17.2 Å². The van der Waals surface area contributed by atoms with Crippen LogP contribution in [0, 0.1) is 6.92 Å². The summed E-state index contributed by atoms with van der Waals surface area (Å²) in [6, 6.07) is 12.5. The van der Waals surface area contributed by atoms with Gasteiger partial charge in [-0.1, -0.05) is 12.1 Å². The van der Waals surface area contributed by atoms with Gasteiger partial charge >= 0.3 is 0 Å². The zero-order valence-electron chi connectivity index (χ0n) is 18.5. The van der Waals surface area contributed by atoms with Gasteiger partial charge in [-0.2, -0.15) is 0 Å². The van der Waals surface area contributed by atoms with E-state index in [1.165, 1.54) is 5.56 Å². The quantitative estimate of drug-likeness (QED) is 0.538. The number of aryl methyl sites for hydroxylation is 1. The first-order valence-corrected chi connectivity index (χ1v) is 10.1. The number of nitrogens with zero attached hydrogens (tertiary/aromatic N) is 2. The number of nitrogens with one attached hydrogen (secondary N) is 2. The first kappa shape index (κ1) is 21.6. The summed E-state index contributed by atoms with van der Waals surface area (Å²) in [6.07, 6.45) is 1.03. The van der Waals surface area contributed by atoms with Crippen molar-refractivity contribution in [3.8, 4) is 17.2 Å². The minimum Gasteiger partial charge on any atom is -0.497 e. The summed E-state index contributed by atoms with van der Waals surface area (Å²) in [5, 5.41) is 6.95. The van der Waals surface area contributed by atoms with Crippen LogP contribution in [0.1, 0.15) is 17.5 Å². The summed E-state index contributed by atoms with van der Waals surface area (Å²) < 4.78 is 16.1. The van der Waals surface area contributed by atoms with Crippen LogP contribution in [0.25, 0.3) is 0 Å². The maximum absolute atomic E-state index is 5.40. The Morgan fingerprint density at radius 1 is 1.07 bits per heavy atom. The van der Waals surface area contributed by atoms with Crippen molar-refractivity contribution in [3.05, 3.63) is 47.5 Å². The Morgan fingerprint density at radius 3 is 2.40 bits per heavy atom. The minimum atomic E-state index is 0.311. The minimum absolute atomic E-state index is 0.311. The Kier molecular flexibility index (Phi) is 7.27. The van der Waals surface area contributed by atoms with Gasteiger partial charge in [0, 0.05) is 56.6 Å². The van der Waals surface area contributed by atoms with Crippen LogP contribution < -0.4 is 29.7 Å². The number of anilines is 1. The average Bonchev–Trinajstić information content (AvgIpc) is 3.24. The van der Waals surface area contributed by atoms with Crippen molar-refractivity contribution in [1.29, 1.82) is 0 Å². The molecule has 2 aromatic carbocycles. The molecule has 3 rings (SSSR count). The molecule has 7 nitrogen and oxygen atoms in total. The number of rotatable bonds is 7. The van der Waals surface area contributed by atoms with E-state index in [4.69, 9.17) is 14.2 Å². The van der Waals surface area contributed by atoms with Gasteiger partial charge in [0.25, 0.3) is 0 Å². The van der Waals surface area contributed by atoms with E-state index in [9.17, 15) is 0 Å². The first-order valence-electron chi connectivity index (χ1n) is 10.1. The molecule has 0 bridgehead atoms. The van der Waals surface area contributed by atoms with Gasteiger partial charge < -0.3 is 29.7 Å². The van der Waals surface area contributed by atoms with Crippen molar-refractivity contribution in [2.24, 2.45) is 4.99 Å². The molecule has 0 spiro atoms. The largest absolute Gasteiger partial charge is 0.497 e. The van der Waals surface area contributed by atoms with Crippen molar-refractivity contribution >= 4 is 11.6 Å². The van der Waals surface area contributed by atoms with E-state index in [1.807, 2.05) is 24.3 Å². The zero-order valence-corrected chi connectivity index (χ0v) is 18.5. The van der Waals surface area contributed by atoms with Crippen molar-refractivity contribution in [1.82, 2.24) is 10.6 Å². The maximum atomic E-state index is 5.40. The highest BCUT2D eigenvalue weighted by molar-refractivity contribution is 5.80. The van der Waals surface area contributed by atoms with E-state index >= 15 is 0 Å². The Morgan fingerprint density at radius 2 is 1.80 bits per heavy atom.